The molecule has 2 atom stereocenters. The minimum Gasteiger partial charge on any atom is -0.329 e. The maximum atomic E-state index is 5.52. The zero-order valence-corrected chi connectivity index (χ0v) is 6.34. The van der Waals surface area contributed by atoms with Gasteiger partial charge in [0.2, 0.25) is 0 Å². The molecule has 0 saturated carbocycles. The van der Waals surface area contributed by atoms with Crippen LogP contribution < -0.4 is 16.8 Å². The van der Waals surface area contributed by atoms with Crippen molar-refractivity contribution >= 4 is 0 Å². The summed E-state index contributed by atoms with van der Waals surface area (Å²) in [6.45, 7) is 1.49. The predicted molar refractivity (Wildman–Crippen MR) is 42.7 cm³/mol. The molecule has 3 nitrogen and oxygen atoms in total. The van der Waals surface area contributed by atoms with E-state index in [2.05, 4.69) is 5.32 Å². The average Bonchev–Trinajstić information content (AvgIpc) is 2.05. The number of rotatable bonds is 2. The second-order valence-corrected chi connectivity index (χ2v) is 2.96. The fourth-order valence-corrected chi connectivity index (χ4v) is 1.48. The van der Waals surface area contributed by atoms with E-state index in [9.17, 15) is 0 Å². The minimum absolute atomic E-state index is 0.516. The van der Waals surface area contributed by atoms with Crippen LogP contribution in [0.5, 0.6) is 0 Å². The van der Waals surface area contributed by atoms with Gasteiger partial charge in [-0.05, 0) is 12.8 Å². The van der Waals surface area contributed by atoms with E-state index in [0.717, 1.165) is 13.1 Å². The summed E-state index contributed by atoms with van der Waals surface area (Å²) in [7, 11) is 0. The number of nitrogens with two attached hydrogens (primary N) is 2. The summed E-state index contributed by atoms with van der Waals surface area (Å²) in [6, 6.07) is 1.03. The summed E-state index contributed by atoms with van der Waals surface area (Å²) in [4.78, 5) is 0. The Morgan fingerprint density at radius 3 is 2.00 bits per heavy atom. The van der Waals surface area contributed by atoms with Crippen LogP contribution in [0.1, 0.15) is 19.3 Å². The second-order valence-electron chi connectivity index (χ2n) is 2.96. The van der Waals surface area contributed by atoms with Crippen LogP contribution in [0.25, 0.3) is 0 Å². The second kappa shape index (κ2) is 3.91. The lowest BCUT2D eigenvalue weighted by Crippen LogP contribution is -2.49. The van der Waals surface area contributed by atoms with Crippen molar-refractivity contribution < 1.29 is 0 Å². The van der Waals surface area contributed by atoms with Gasteiger partial charge in [0.1, 0.15) is 0 Å². The van der Waals surface area contributed by atoms with Gasteiger partial charge in [0, 0.05) is 25.2 Å². The van der Waals surface area contributed by atoms with Crippen LogP contribution in [0.3, 0.4) is 0 Å². The standard InChI is InChI=1S/C7H17N3/c8-4-6-2-1-3-7(5-9)10-6/h6-7,10H,1-5,8-9H2/t6-,7+. The monoisotopic (exact) mass is 143 g/mol. The Morgan fingerprint density at radius 2 is 1.60 bits per heavy atom. The molecule has 0 spiro atoms. The maximum absolute atomic E-state index is 5.52. The summed E-state index contributed by atoms with van der Waals surface area (Å²) in [6.07, 6.45) is 3.71. The molecule has 1 heterocycles. The first kappa shape index (κ1) is 7.98. The third-order valence-electron chi connectivity index (χ3n) is 2.15. The average molecular weight is 143 g/mol. The van der Waals surface area contributed by atoms with E-state index in [1.165, 1.54) is 19.3 Å². The molecule has 10 heavy (non-hydrogen) atoms. The first-order chi connectivity index (χ1) is 4.86. The summed E-state index contributed by atoms with van der Waals surface area (Å²) in [5.41, 5.74) is 11.0. The SMILES string of the molecule is NC[C@@H]1CCC[C@H](CN)N1. The molecule has 0 aliphatic carbocycles. The Balaban J connectivity index is 2.25. The molecule has 60 valence electrons. The molecule has 3 heteroatoms. The van der Waals surface area contributed by atoms with Gasteiger partial charge in [-0.3, -0.25) is 0 Å². The largest absolute Gasteiger partial charge is 0.329 e. The van der Waals surface area contributed by atoms with Crippen molar-refractivity contribution in [1.29, 1.82) is 0 Å². The van der Waals surface area contributed by atoms with Crippen LogP contribution in [0.15, 0.2) is 0 Å². The summed E-state index contributed by atoms with van der Waals surface area (Å²) in [5, 5.41) is 3.40. The van der Waals surface area contributed by atoms with Gasteiger partial charge < -0.3 is 16.8 Å². The Hall–Kier alpha value is -0.120. The Morgan fingerprint density at radius 1 is 1.10 bits per heavy atom. The fraction of sp³-hybridized carbons (Fsp3) is 1.00. The van der Waals surface area contributed by atoms with Crippen molar-refractivity contribution in [3.05, 3.63) is 0 Å². The molecule has 0 aromatic carbocycles. The first-order valence-corrected chi connectivity index (χ1v) is 4.03. The van der Waals surface area contributed by atoms with Gasteiger partial charge in [-0.15, -0.1) is 0 Å². The molecule has 5 N–H and O–H groups in total. The third kappa shape index (κ3) is 1.94. The number of piperidine rings is 1. The van der Waals surface area contributed by atoms with Gasteiger partial charge in [-0.1, -0.05) is 6.42 Å². The van der Waals surface area contributed by atoms with E-state index >= 15 is 0 Å². The summed E-state index contributed by atoms with van der Waals surface area (Å²) < 4.78 is 0. The Bertz CT molecular complexity index is 84.9. The van der Waals surface area contributed by atoms with E-state index < -0.39 is 0 Å². The smallest absolute Gasteiger partial charge is 0.0193 e. The van der Waals surface area contributed by atoms with Crippen molar-refractivity contribution in [3.8, 4) is 0 Å². The highest BCUT2D eigenvalue weighted by Crippen LogP contribution is 2.10. The molecule has 0 aromatic rings. The highest BCUT2D eigenvalue weighted by Gasteiger charge is 2.17. The van der Waals surface area contributed by atoms with Crippen LogP contribution in [-0.4, -0.2) is 25.2 Å². The highest BCUT2D eigenvalue weighted by molar-refractivity contribution is 4.80. The predicted octanol–water partition coefficient (Wildman–Crippen LogP) is -0.585. The van der Waals surface area contributed by atoms with Crippen molar-refractivity contribution in [2.45, 2.75) is 31.3 Å². The molecule has 0 aromatic heterocycles. The first-order valence-electron chi connectivity index (χ1n) is 4.03. The molecule has 1 saturated heterocycles. The van der Waals surface area contributed by atoms with Crippen molar-refractivity contribution in [2.24, 2.45) is 11.5 Å². The number of hydrogen-bond donors (Lipinski definition) is 3. The minimum atomic E-state index is 0.516. The molecule has 1 aliphatic rings. The van der Waals surface area contributed by atoms with Crippen molar-refractivity contribution in [2.75, 3.05) is 13.1 Å². The fourth-order valence-electron chi connectivity index (χ4n) is 1.48. The lowest BCUT2D eigenvalue weighted by Gasteiger charge is -2.29. The molecule has 1 rings (SSSR count). The number of hydrogen-bond acceptors (Lipinski definition) is 3. The molecular formula is C7H17N3. The van der Waals surface area contributed by atoms with Gasteiger partial charge in [0.25, 0.3) is 0 Å². The molecule has 0 unspecified atom stereocenters. The van der Waals surface area contributed by atoms with Gasteiger partial charge in [0.15, 0.2) is 0 Å². The maximum Gasteiger partial charge on any atom is 0.0193 e. The Kier molecular flexibility index (Phi) is 3.12. The van der Waals surface area contributed by atoms with Gasteiger partial charge in [-0.25, -0.2) is 0 Å². The van der Waals surface area contributed by atoms with Gasteiger partial charge in [0.05, 0.1) is 0 Å². The van der Waals surface area contributed by atoms with Crippen LogP contribution in [0, 0.1) is 0 Å². The normalized spacial score (nSPS) is 34.2. The topological polar surface area (TPSA) is 64.1 Å². The zero-order valence-electron chi connectivity index (χ0n) is 6.34. The van der Waals surface area contributed by atoms with Crippen LogP contribution in [-0.2, 0) is 0 Å². The van der Waals surface area contributed by atoms with E-state index in [1.807, 2.05) is 0 Å². The highest BCUT2D eigenvalue weighted by atomic mass is 15.0. The lowest BCUT2D eigenvalue weighted by atomic mass is 9.99. The number of nitrogens with one attached hydrogen (secondary N) is 1. The summed E-state index contributed by atoms with van der Waals surface area (Å²) >= 11 is 0. The van der Waals surface area contributed by atoms with E-state index in [1.54, 1.807) is 0 Å². The van der Waals surface area contributed by atoms with E-state index in [0.29, 0.717) is 12.1 Å². The van der Waals surface area contributed by atoms with Gasteiger partial charge >= 0.3 is 0 Å². The van der Waals surface area contributed by atoms with Crippen LogP contribution in [0.4, 0.5) is 0 Å². The summed E-state index contributed by atoms with van der Waals surface area (Å²) in [5.74, 6) is 0. The Labute approximate surface area is 62.2 Å². The van der Waals surface area contributed by atoms with Gasteiger partial charge in [-0.2, -0.15) is 0 Å². The molecule has 0 radical (unpaired) electrons. The zero-order chi connectivity index (χ0) is 7.40. The molecule has 1 aliphatic heterocycles. The quantitative estimate of drug-likeness (QED) is 0.484. The van der Waals surface area contributed by atoms with Crippen molar-refractivity contribution in [1.82, 2.24) is 5.32 Å². The third-order valence-corrected chi connectivity index (χ3v) is 2.15. The molecule has 0 amide bonds. The van der Waals surface area contributed by atoms with E-state index in [-0.39, 0.29) is 0 Å². The van der Waals surface area contributed by atoms with E-state index in [4.69, 9.17) is 11.5 Å². The molecular weight excluding hydrogens is 126 g/mol. The van der Waals surface area contributed by atoms with Crippen molar-refractivity contribution in [3.63, 3.8) is 0 Å². The molecule has 0 bridgehead atoms. The van der Waals surface area contributed by atoms with Crippen LogP contribution >= 0.6 is 0 Å². The molecule has 1 fully saturated rings. The van der Waals surface area contributed by atoms with Crippen LogP contribution in [0.2, 0.25) is 0 Å². The lowest BCUT2D eigenvalue weighted by molar-refractivity contribution is 0.329.